The number of H-pyrrole nitrogens is 1. The minimum Gasteiger partial charge on any atom is -0.456 e. The topological polar surface area (TPSA) is 157 Å². The van der Waals surface area contributed by atoms with Gasteiger partial charge in [-0.3, -0.25) is 19.1 Å². The second-order valence-corrected chi connectivity index (χ2v) is 11.2. The molecule has 3 aromatic heterocycles. The molecule has 5 rings (SSSR count). The van der Waals surface area contributed by atoms with Crippen molar-refractivity contribution in [1.29, 1.82) is 0 Å². The van der Waals surface area contributed by atoms with E-state index in [1.165, 1.54) is 9.25 Å². The van der Waals surface area contributed by atoms with E-state index in [0.29, 0.717) is 45.5 Å². The zero-order valence-corrected chi connectivity index (χ0v) is 24.5. The third-order valence-electron chi connectivity index (χ3n) is 7.08. The monoisotopic (exact) mass is 570 g/mol. The molecule has 11 nitrogen and oxygen atoms in total. The number of aliphatic hydroxyl groups is 1. The number of hydrogen-bond acceptors (Lipinski definition) is 6. The summed E-state index contributed by atoms with van der Waals surface area (Å²) in [4.78, 5) is 41.3. The van der Waals surface area contributed by atoms with E-state index in [1.54, 1.807) is 39.2 Å². The van der Waals surface area contributed by atoms with E-state index in [-0.39, 0.29) is 34.9 Å². The number of carbonyl (C=O) groups excluding carboxylic acids is 2. The quantitative estimate of drug-likeness (QED) is 0.222. The summed E-state index contributed by atoms with van der Waals surface area (Å²) in [5.41, 5.74) is 8.37. The predicted octanol–water partition coefficient (Wildman–Crippen LogP) is 3.91. The maximum atomic E-state index is 13.1. The molecule has 0 aliphatic rings. The van der Waals surface area contributed by atoms with Gasteiger partial charge in [-0.25, -0.2) is 0 Å². The summed E-state index contributed by atoms with van der Waals surface area (Å²) in [7, 11) is 1.63. The molecule has 3 heterocycles. The Morgan fingerprint density at radius 3 is 2.43 bits per heavy atom. The molecular weight excluding hydrogens is 536 g/mol. The number of nitrogens with one attached hydrogen (secondary N) is 2. The number of rotatable bonds is 8. The number of primary amides is 1. The van der Waals surface area contributed by atoms with Crippen LogP contribution in [0.4, 0.5) is 0 Å². The van der Waals surface area contributed by atoms with Crippen LogP contribution >= 0.6 is 0 Å². The Kier molecular flexibility index (Phi) is 7.15. The average molecular weight is 571 g/mol. The van der Waals surface area contributed by atoms with E-state index in [1.807, 2.05) is 45.0 Å². The van der Waals surface area contributed by atoms with Crippen molar-refractivity contribution >= 4 is 33.6 Å². The number of ether oxygens (including phenoxy) is 1. The Labute approximate surface area is 241 Å². The lowest BCUT2D eigenvalue weighted by Crippen LogP contribution is -2.27. The van der Waals surface area contributed by atoms with Crippen LogP contribution in [0.25, 0.3) is 32.9 Å². The van der Waals surface area contributed by atoms with Gasteiger partial charge in [0.15, 0.2) is 5.69 Å². The maximum absolute atomic E-state index is 13.1. The van der Waals surface area contributed by atoms with Crippen LogP contribution in [-0.4, -0.2) is 48.4 Å². The lowest BCUT2D eigenvalue weighted by atomic mass is 9.99. The SMILES string of the molecule is CCNC(=O)c1cc2c(-c3cc4c(cc3Oc3c(C)cccc3C)c(C(N)=O)nn4CC(C)(C)O)cn(C)c(=O)c2[nH]1. The van der Waals surface area contributed by atoms with Crippen LogP contribution in [-0.2, 0) is 13.6 Å². The number of benzene rings is 2. The molecule has 0 saturated carbocycles. The predicted molar refractivity (Wildman–Crippen MR) is 161 cm³/mol. The summed E-state index contributed by atoms with van der Waals surface area (Å²) in [5.74, 6) is -0.0211. The molecule has 5 N–H and O–H groups in total. The Balaban J connectivity index is 1.87. The van der Waals surface area contributed by atoms with Crippen molar-refractivity contribution in [1.82, 2.24) is 24.6 Å². The number of fused-ring (bicyclic) bond motifs is 2. The van der Waals surface area contributed by atoms with E-state index in [4.69, 9.17) is 10.5 Å². The first-order valence-corrected chi connectivity index (χ1v) is 13.6. The molecule has 0 atom stereocenters. The number of pyridine rings is 1. The zero-order valence-electron chi connectivity index (χ0n) is 24.5. The molecule has 11 heteroatoms. The number of amides is 2. The van der Waals surface area contributed by atoms with Crippen LogP contribution in [0.3, 0.4) is 0 Å². The van der Waals surface area contributed by atoms with Crippen LogP contribution in [0.2, 0.25) is 0 Å². The number of hydrogen-bond donors (Lipinski definition) is 4. The lowest BCUT2D eigenvalue weighted by molar-refractivity contribution is 0.0588. The van der Waals surface area contributed by atoms with Gasteiger partial charge in [-0.05, 0) is 63.9 Å². The van der Waals surface area contributed by atoms with E-state index in [2.05, 4.69) is 15.4 Å². The highest BCUT2D eigenvalue weighted by Crippen LogP contribution is 2.42. The number of carbonyl (C=O) groups is 2. The van der Waals surface area contributed by atoms with Crippen molar-refractivity contribution in [3.05, 3.63) is 75.5 Å². The molecule has 0 unspecified atom stereocenters. The fourth-order valence-electron chi connectivity index (χ4n) is 5.16. The molecule has 0 bridgehead atoms. The van der Waals surface area contributed by atoms with Crippen molar-refractivity contribution in [3.8, 4) is 22.6 Å². The van der Waals surface area contributed by atoms with Crippen LogP contribution in [0, 0.1) is 13.8 Å². The zero-order chi connectivity index (χ0) is 30.5. The van der Waals surface area contributed by atoms with E-state index in [0.717, 1.165) is 11.1 Å². The van der Waals surface area contributed by atoms with Gasteiger partial charge in [0.25, 0.3) is 17.4 Å². The first kappa shape index (κ1) is 28.6. The third kappa shape index (κ3) is 5.14. The molecular formula is C31H34N6O5. The van der Waals surface area contributed by atoms with E-state index >= 15 is 0 Å². The summed E-state index contributed by atoms with van der Waals surface area (Å²) < 4.78 is 9.55. The minimum absolute atomic E-state index is 0.0398. The summed E-state index contributed by atoms with van der Waals surface area (Å²) in [6, 6.07) is 11.0. The fourth-order valence-corrected chi connectivity index (χ4v) is 5.16. The molecule has 5 aromatic rings. The molecule has 218 valence electrons. The number of aryl methyl sites for hydroxylation is 3. The molecule has 0 aliphatic heterocycles. The molecule has 0 aliphatic carbocycles. The second-order valence-electron chi connectivity index (χ2n) is 11.2. The summed E-state index contributed by atoms with van der Waals surface area (Å²) in [5, 5.41) is 18.8. The van der Waals surface area contributed by atoms with Crippen LogP contribution < -0.4 is 21.3 Å². The first-order valence-electron chi connectivity index (χ1n) is 13.6. The highest BCUT2D eigenvalue weighted by molar-refractivity contribution is 6.08. The van der Waals surface area contributed by atoms with Gasteiger partial charge in [0, 0.05) is 41.7 Å². The van der Waals surface area contributed by atoms with Gasteiger partial charge < -0.3 is 30.4 Å². The standard InChI is InChI=1S/C31H34N6O5/c1-7-33-29(39)22-11-19-21(14-36(6)30(40)26(19)34-22)18-12-23-20(25(28(32)38)35-37(23)15-31(4,5)41)13-24(18)42-27-16(2)9-8-10-17(27)3/h8-14,34,41H,7,15H2,1-6H3,(H2,32,38)(H,33,39). The molecule has 0 radical (unpaired) electrons. The van der Waals surface area contributed by atoms with Crippen molar-refractivity contribution < 1.29 is 19.4 Å². The van der Waals surface area contributed by atoms with Gasteiger partial charge in [-0.1, -0.05) is 18.2 Å². The molecule has 0 fully saturated rings. The third-order valence-corrected chi connectivity index (χ3v) is 7.08. The van der Waals surface area contributed by atoms with Crippen molar-refractivity contribution in [2.24, 2.45) is 12.8 Å². The molecule has 2 amide bonds. The number of aromatic nitrogens is 4. The normalized spacial score (nSPS) is 11.8. The van der Waals surface area contributed by atoms with Gasteiger partial charge in [0.05, 0.1) is 17.7 Å². The van der Waals surface area contributed by atoms with Gasteiger partial charge in [0.1, 0.15) is 22.7 Å². The lowest BCUT2D eigenvalue weighted by Gasteiger charge is -2.19. The maximum Gasteiger partial charge on any atom is 0.274 e. The summed E-state index contributed by atoms with van der Waals surface area (Å²) in [6.45, 7) is 9.48. The van der Waals surface area contributed by atoms with Crippen molar-refractivity contribution in [3.63, 3.8) is 0 Å². The van der Waals surface area contributed by atoms with Gasteiger partial charge in [-0.2, -0.15) is 5.10 Å². The highest BCUT2D eigenvalue weighted by Gasteiger charge is 2.25. The van der Waals surface area contributed by atoms with Gasteiger partial charge in [-0.15, -0.1) is 0 Å². The Morgan fingerprint density at radius 2 is 1.81 bits per heavy atom. The van der Waals surface area contributed by atoms with Crippen molar-refractivity contribution in [2.75, 3.05) is 6.54 Å². The Morgan fingerprint density at radius 1 is 1.12 bits per heavy atom. The molecule has 42 heavy (non-hydrogen) atoms. The fraction of sp³-hybridized carbons (Fsp3) is 0.290. The number of para-hydroxylation sites is 1. The van der Waals surface area contributed by atoms with Crippen LogP contribution in [0.1, 0.15) is 52.9 Å². The van der Waals surface area contributed by atoms with E-state index in [9.17, 15) is 19.5 Å². The molecule has 0 spiro atoms. The number of nitrogens with two attached hydrogens (primary N) is 1. The van der Waals surface area contributed by atoms with Crippen molar-refractivity contribution in [2.45, 2.75) is 46.8 Å². The molecule has 2 aromatic carbocycles. The van der Waals surface area contributed by atoms with Crippen LogP contribution in [0.5, 0.6) is 11.5 Å². The molecule has 0 saturated heterocycles. The smallest absolute Gasteiger partial charge is 0.274 e. The second kappa shape index (κ2) is 10.5. The summed E-state index contributed by atoms with van der Waals surface area (Å²) >= 11 is 0. The number of nitrogens with zero attached hydrogens (tertiary/aromatic N) is 3. The first-order chi connectivity index (χ1) is 19.8. The average Bonchev–Trinajstić information content (AvgIpc) is 3.50. The minimum atomic E-state index is -1.15. The van der Waals surface area contributed by atoms with E-state index < -0.39 is 11.5 Å². The largest absolute Gasteiger partial charge is 0.456 e. The highest BCUT2D eigenvalue weighted by atomic mass is 16.5. The Hall–Kier alpha value is -4.90. The van der Waals surface area contributed by atoms with Crippen LogP contribution in [0.15, 0.2) is 47.4 Å². The number of aromatic amines is 1. The van der Waals surface area contributed by atoms with Gasteiger partial charge >= 0.3 is 0 Å². The Bertz CT molecular complexity index is 1920. The summed E-state index contributed by atoms with van der Waals surface area (Å²) in [6.07, 6.45) is 1.68. The van der Waals surface area contributed by atoms with Gasteiger partial charge in [0.2, 0.25) is 0 Å².